The first-order valence-electron chi connectivity index (χ1n) is 6.92. The summed E-state index contributed by atoms with van der Waals surface area (Å²) >= 11 is 3.47. The van der Waals surface area contributed by atoms with Crippen molar-refractivity contribution in [1.29, 1.82) is 0 Å². The van der Waals surface area contributed by atoms with Crippen molar-refractivity contribution in [3.8, 4) is 0 Å². The maximum Gasteiger partial charge on any atom is 0.223 e. The fraction of sp³-hybridized carbons (Fsp3) is 0.400. The molecule has 3 rings (SSSR count). The molecule has 1 aromatic carbocycles. The van der Waals surface area contributed by atoms with E-state index in [1.807, 2.05) is 11.8 Å². The highest BCUT2D eigenvalue weighted by Crippen LogP contribution is 2.40. The molecule has 0 aromatic heterocycles. The fourth-order valence-corrected chi connectivity index (χ4v) is 3.86. The maximum atomic E-state index is 13.3. The molecule has 4 nitrogen and oxygen atoms in total. The first kappa shape index (κ1) is 14.4. The zero-order valence-corrected chi connectivity index (χ0v) is 13.2. The second-order valence-electron chi connectivity index (χ2n) is 5.30. The number of hydrogen-bond donors (Lipinski definition) is 0. The summed E-state index contributed by atoms with van der Waals surface area (Å²) in [6, 6.07) is 6.19. The third-order valence-corrected chi connectivity index (χ3v) is 4.83. The fourth-order valence-electron chi connectivity index (χ4n) is 3.06. The molecule has 6 heteroatoms. The predicted octanol–water partition coefficient (Wildman–Crippen LogP) is 3.22. The molecule has 0 saturated carbocycles. The van der Waals surface area contributed by atoms with Crippen LogP contribution in [-0.4, -0.2) is 27.7 Å². The van der Waals surface area contributed by atoms with Crippen LogP contribution in [0.2, 0.25) is 0 Å². The van der Waals surface area contributed by atoms with Gasteiger partial charge in [0.05, 0.1) is 5.71 Å². The van der Waals surface area contributed by atoms with Gasteiger partial charge < -0.3 is 4.90 Å². The molecule has 2 aliphatic heterocycles. The normalized spacial score (nSPS) is 25.9. The van der Waals surface area contributed by atoms with Gasteiger partial charge in [-0.2, -0.15) is 5.10 Å². The summed E-state index contributed by atoms with van der Waals surface area (Å²) in [5, 5.41) is 8.26. The Kier molecular flexibility index (Phi) is 3.65. The Morgan fingerprint density at radius 2 is 1.95 bits per heavy atom. The van der Waals surface area contributed by atoms with Crippen molar-refractivity contribution in [2.75, 3.05) is 6.54 Å². The van der Waals surface area contributed by atoms with Crippen LogP contribution in [-0.2, 0) is 10.3 Å². The number of halogens is 2. The van der Waals surface area contributed by atoms with Gasteiger partial charge in [-0.15, -0.1) is 5.10 Å². The minimum atomic E-state index is -0.828. The van der Waals surface area contributed by atoms with Gasteiger partial charge in [0, 0.05) is 13.0 Å². The van der Waals surface area contributed by atoms with E-state index in [1.165, 1.54) is 12.1 Å². The van der Waals surface area contributed by atoms with Crippen molar-refractivity contribution < 1.29 is 9.18 Å². The van der Waals surface area contributed by atoms with E-state index in [0.29, 0.717) is 17.6 Å². The SMILES string of the molecule is CC1=NN=C(Br)C1(c1ccc(F)cc1)N1CCCCC1=O. The topological polar surface area (TPSA) is 45.0 Å². The zero-order valence-electron chi connectivity index (χ0n) is 11.6. The number of carbonyl (C=O) groups excluding carboxylic acids is 1. The molecule has 110 valence electrons. The number of nitrogens with zero attached hydrogens (tertiary/aromatic N) is 3. The molecule has 1 amide bonds. The number of carbonyl (C=O) groups is 1. The number of likely N-dealkylation sites (tertiary alicyclic amines) is 1. The smallest absolute Gasteiger partial charge is 0.223 e. The van der Waals surface area contributed by atoms with E-state index in [9.17, 15) is 9.18 Å². The molecule has 0 bridgehead atoms. The molecule has 1 unspecified atom stereocenters. The highest BCUT2D eigenvalue weighted by molar-refractivity contribution is 9.18. The molecule has 1 aromatic rings. The third kappa shape index (κ3) is 2.12. The average molecular weight is 352 g/mol. The minimum absolute atomic E-state index is 0.0779. The molecule has 2 aliphatic rings. The second-order valence-corrected chi connectivity index (χ2v) is 6.05. The minimum Gasteiger partial charge on any atom is -0.322 e. The third-order valence-electron chi connectivity index (χ3n) is 4.10. The van der Waals surface area contributed by atoms with Gasteiger partial charge in [0.25, 0.3) is 0 Å². The molecule has 0 radical (unpaired) electrons. The summed E-state index contributed by atoms with van der Waals surface area (Å²) in [6.07, 6.45) is 2.37. The summed E-state index contributed by atoms with van der Waals surface area (Å²) in [6.45, 7) is 2.50. The molecule has 21 heavy (non-hydrogen) atoms. The van der Waals surface area contributed by atoms with Crippen molar-refractivity contribution in [2.45, 2.75) is 31.7 Å². The lowest BCUT2D eigenvalue weighted by atomic mass is 9.83. The number of amides is 1. The maximum absolute atomic E-state index is 13.3. The Morgan fingerprint density at radius 3 is 2.52 bits per heavy atom. The molecular formula is C15H15BrFN3O. The van der Waals surface area contributed by atoms with Gasteiger partial charge in [0.1, 0.15) is 10.4 Å². The van der Waals surface area contributed by atoms with Crippen LogP contribution in [0.3, 0.4) is 0 Å². The molecule has 1 saturated heterocycles. The Labute approximate surface area is 130 Å². The van der Waals surface area contributed by atoms with Gasteiger partial charge in [-0.05, 0) is 53.4 Å². The highest BCUT2D eigenvalue weighted by Gasteiger charge is 2.50. The van der Waals surface area contributed by atoms with Crippen LogP contribution in [0.4, 0.5) is 4.39 Å². The first-order valence-corrected chi connectivity index (χ1v) is 7.71. The van der Waals surface area contributed by atoms with Gasteiger partial charge >= 0.3 is 0 Å². The first-order chi connectivity index (χ1) is 10.1. The number of benzene rings is 1. The van der Waals surface area contributed by atoms with Crippen LogP contribution in [0.1, 0.15) is 31.7 Å². The lowest BCUT2D eigenvalue weighted by Gasteiger charge is -2.43. The Bertz CT molecular complexity index is 621. The van der Waals surface area contributed by atoms with E-state index in [4.69, 9.17) is 0 Å². The quantitative estimate of drug-likeness (QED) is 0.806. The van der Waals surface area contributed by atoms with Crippen molar-refractivity contribution in [3.63, 3.8) is 0 Å². The molecule has 0 aliphatic carbocycles. The van der Waals surface area contributed by atoms with E-state index in [1.54, 1.807) is 12.1 Å². The number of rotatable bonds is 2. The van der Waals surface area contributed by atoms with E-state index in [0.717, 1.165) is 24.1 Å². The average Bonchev–Trinajstić information content (AvgIpc) is 2.77. The van der Waals surface area contributed by atoms with Crippen LogP contribution < -0.4 is 0 Å². The van der Waals surface area contributed by atoms with Crippen molar-refractivity contribution in [3.05, 3.63) is 35.6 Å². The van der Waals surface area contributed by atoms with E-state index in [2.05, 4.69) is 26.1 Å². The highest BCUT2D eigenvalue weighted by atomic mass is 79.9. The summed E-state index contributed by atoms with van der Waals surface area (Å²) in [7, 11) is 0. The summed E-state index contributed by atoms with van der Waals surface area (Å²) in [4.78, 5) is 14.2. The number of hydrogen-bond acceptors (Lipinski definition) is 3. The standard InChI is InChI=1S/C15H15BrFN3O/c1-10-15(14(16)19-18-10,11-5-7-12(17)8-6-11)20-9-3-2-4-13(20)21/h5-8H,2-4,9H2,1H3. The molecule has 1 fully saturated rings. The monoisotopic (exact) mass is 351 g/mol. The van der Waals surface area contributed by atoms with Crippen LogP contribution >= 0.6 is 15.9 Å². The van der Waals surface area contributed by atoms with Crippen LogP contribution in [0.25, 0.3) is 0 Å². The van der Waals surface area contributed by atoms with E-state index < -0.39 is 5.54 Å². The van der Waals surface area contributed by atoms with Crippen molar-refractivity contribution in [2.24, 2.45) is 10.2 Å². The van der Waals surface area contributed by atoms with Crippen molar-refractivity contribution in [1.82, 2.24) is 4.90 Å². The summed E-state index contributed by atoms with van der Waals surface area (Å²) in [5.41, 5.74) is 0.690. The Hall–Kier alpha value is -1.56. The second kappa shape index (κ2) is 5.33. The van der Waals surface area contributed by atoms with E-state index >= 15 is 0 Å². The molecule has 1 atom stereocenters. The molecule has 2 heterocycles. The van der Waals surface area contributed by atoms with Crippen LogP contribution in [0.15, 0.2) is 34.5 Å². The van der Waals surface area contributed by atoms with Gasteiger partial charge in [-0.3, -0.25) is 4.79 Å². The van der Waals surface area contributed by atoms with Gasteiger partial charge in [-0.1, -0.05) is 12.1 Å². The predicted molar refractivity (Wildman–Crippen MR) is 83.1 cm³/mol. The Balaban J connectivity index is 2.16. The van der Waals surface area contributed by atoms with Crippen molar-refractivity contribution >= 4 is 32.2 Å². The summed E-state index contributed by atoms with van der Waals surface area (Å²) in [5.74, 6) is -0.228. The number of piperidine rings is 1. The Morgan fingerprint density at radius 1 is 1.24 bits per heavy atom. The molecule has 0 N–H and O–H groups in total. The van der Waals surface area contributed by atoms with Gasteiger partial charge in [0.15, 0.2) is 5.54 Å². The zero-order chi connectivity index (χ0) is 15.0. The lowest BCUT2D eigenvalue weighted by molar-refractivity contribution is -0.135. The van der Waals surface area contributed by atoms with Gasteiger partial charge in [0.2, 0.25) is 5.91 Å². The molecule has 0 spiro atoms. The van der Waals surface area contributed by atoms with Crippen LogP contribution in [0.5, 0.6) is 0 Å². The lowest BCUT2D eigenvalue weighted by Crippen LogP contribution is -2.57. The largest absolute Gasteiger partial charge is 0.322 e. The van der Waals surface area contributed by atoms with Crippen LogP contribution in [0, 0.1) is 5.82 Å². The molecular weight excluding hydrogens is 337 g/mol. The summed E-state index contributed by atoms with van der Waals surface area (Å²) < 4.78 is 13.8. The van der Waals surface area contributed by atoms with Gasteiger partial charge in [-0.25, -0.2) is 4.39 Å². The van der Waals surface area contributed by atoms with E-state index in [-0.39, 0.29) is 11.7 Å².